The summed E-state index contributed by atoms with van der Waals surface area (Å²) >= 11 is 0. The topological polar surface area (TPSA) is 55.1 Å². The van der Waals surface area contributed by atoms with Gasteiger partial charge in [-0.3, -0.25) is 4.79 Å². The lowest BCUT2D eigenvalue weighted by atomic mass is 10.1. The van der Waals surface area contributed by atoms with Crippen LogP contribution in [0, 0.1) is 17.5 Å². The quantitative estimate of drug-likeness (QED) is 0.911. The maximum Gasteiger partial charge on any atom is 0.261 e. The molecule has 1 atom stereocenters. The second kappa shape index (κ2) is 5.97. The molecule has 1 amide bonds. The number of amides is 1. The molecule has 0 aliphatic carbocycles. The molecular weight excluding hydrogens is 281 g/mol. The summed E-state index contributed by atoms with van der Waals surface area (Å²) in [5, 5.41) is 2.34. The summed E-state index contributed by atoms with van der Waals surface area (Å²) < 4.78 is 39.7. The smallest absolute Gasteiger partial charge is 0.261 e. The second-order valence-electron chi connectivity index (χ2n) is 4.61. The molecule has 0 saturated heterocycles. The molecule has 0 saturated carbocycles. The maximum atomic E-state index is 13.5. The van der Waals surface area contributed by atoms with Gasteiger partial charge in [-0.05, 0) is 24.6 Å². The van der Waals surface area contributed by atoms with Crippen molar-refractivity contribution < 1.29 is 18.0 Å². The molecule has 21 heavy (non-hydrogen) atoms. The highest BCUT2D eigenvalue weighted by atomic mass is 19.1. The van der Waals surface area contributed by atoms with E-state index in [0.717, 1.165) is 5.56 Å². The monoisotopic (exact) mass is 294 g/mol. The lowest BCUT2D eigenvalue weighted by Crippen LogP contribution is -2.16. The Morgan fingerprint density at radius 1 is 1.10 bits per heavy atom. The van der Waals surface area contributed by atoms with E-state index in [1.54, 1.807) is 31.2 Å². The summed E-state index contributed by atoms with van der Waals surface area (Å²) in [7, 11) is 0. The molecule has 0 aromatic heterocycles. The highest BCUT2D eigenvalue weighted by Gasteiger charge is 2.19. The number of nitrogens with two attached hydrogens (primary N) is 1. The Hall–Kier alpha value is -2.34. The number of carbonyl (C=O) groups is 1. The van der Waals surface area contributed by atoms with Crippen LogP contribution in [0.3, 0.4) is 0 Å². The van der Waals surface area contributed by atoms with Crippen molar-refractivity contribution in [2.75, 3.05) is 5.32 Å². The van der Waals surface area contributed by atoms with Crippen molar-refractivity contribution in [3.63, 3.8) is 0 Å². The first-order chi connectivity index (χ1) is 9.88. The van der Waals surface area contributed by atoms with Crippen LogP contribution in [-0.2, 0) is 0 Å². The number of anilines is 1. The minimum atomic E-state index is -1.25. The Balaban J connectivity index is 2.22. The Kier molecular flexibility index (Phi) is 4.28. The summed E-state index contributed by atoms with van der Waals surface area (Å²) in [6, 6.07) is 7.26. The summed E-state index contributed by atoms with van der Waals surface area (Å²) in [4.78, 5) is 11.8. The normalized spacial score (nSPS) is 12.0. The van der Waals surface area contributed by atoms with Gasteiger partial charge in [0.2, 0.25) is 0 Å². The van der Waals surface area contributed by atoms with Gasteiger partial charge in [-0.2, -0.15) is 0 Å². The molecule has 0 heterocycles. The summed E-state index contributed by atoms with van der Waals surface area (Å²) in [6.07, 6.45) is 0. The van der Waals surface area contributed by atoms with Crippen molar-refractivity contribution in [2.45, 2.75) is 13.0 Å². The zero-order valence-corrected chi connectivity index (χ0v) is 11.2. The Morgan fingerprint density at radius 3 is 2.10 bits per heavy atom. The van der Waals surface area contributed by atoms with Crippen molar-refractivity contribution in [1.29, 1.82) is 0 Å². The van der Waals surface area contributed by atoms with Crippen molar-refractivity contribution >= 4 is 11.6 Å². The Bertz CT molecular complexity index is 646. The number of halogens is 3. The van der Waals surface area contributed by atoms with E-state index in [4.69, 9.17) is 5.73 Å². The fraction of sp³-hybridized carbons (Fsp3) is 0.133. The van der Waals surface area contributed by atoms with Gasteiger partial charge in [-0.1, -0.05) is 12.1 Å². The van der Waals surface area contributed by atoms with Crippen LogP contribution in [0.1, 0.15) is 28.9 Å². The van der Waals surface area contributed by atoms with Gasteiger partial charge in [0.25, 0.3) is 5.91 Å². The van der Waals surface area contributed by atoms with Crippen LogP contribution in [0.5, 0.6) is 0 Å². The van der Waals surface area contributed by atoms with Gasteiger partial charge in [0.15, 0.2) is 0 Å². The summed E-state index contributed by atoms with van der Waals surface area (Å²) in [5.74, 6) is -4.57. The molecule has 3 nitrogen and oxygen atoms in total. The highest BCUT2D eigenvalue weighted by Crippen LogP contribution is 2.18. The average Bonchev–Trinajstić information content (AvgIpc) is 2.37. The predicted molar refractivity (Wildman–Crippen MR) is 73.3 cm³/mol. The van der Waals surface area contributed by atoms with Gasteiger partial charge in [-0.25, -0.2) is 13.2 Å². The van der Waals surface area contributed by atoms with E-state index in [9.17, 15) is 18.0 Å². The van der Waals surface area contributed by atoms with E-state index < -0.39 is 28.9 Å². The minimum Gasteiger partial charge on any atom is -0.324 e. The average molecular weight is 294 g/mol. The van der Waals surface area contributed by atoms with E-state index in [0.29, 0.717) is 17.8 Å². The number of hydrogen-bond acceptors (Lipinski definition) is 2. The first-order valence-electron chi connectivity index (χ1n) is 6.20. The molecule has 6 heteroatoms. The van der Waals surface area contributed by atoms with Gasteiger partial charge in [0.1, 0.15) is 23.0 Å². The third-order valence-corrected chi connectivity index (χ3v) is 2.93. The highest BCUT2D eigenvalue weighted by molar-refractivity contribution is 6.04. The van der Waals surface area contributed by atoms with Crippen LogP contribution in [0.15, 0.2) is 36.4 Å². The molecule has 2 aromatic carbocycles. The van der Waals surface area contributed by atoms with Crippen molar-refractivity contribution in [3.8, 4) is 0 Å². The zero-order chi connectivity index (χ0) is 15.6. The zero-order valence-electron chi connectivity index (χ0n) is 11.2. The molecule has 1 unspecified atom stereocenters. The standard InChI is InChI=1S/C15H13F3N2O/c1-8(19)9-2-4-11(5-3-9)20-15(21)14-12(17)6-10(16)7-13(14)18/h2-8H,19H2,1H3,(H,20,21). The molecule has 0 spiro atoms. The van der Waals surface area contributed by atoms with E-state index in [1.165, 1.54) is 0 Å². The lowest BCUT2D eigenvalue weighted by molar-refractivity contribution is 0.101. The number of carbonyl (C=O) groups excluding carboxylic acids is 1. The van der Waals surface area contributed by atoms with Crippen LogP contribution < -0.4 is 11.1 Å². The van der Waals surface area contributed by atoms with Crippen LogP contribution in [-0.4, -0.2) is 5.91 Å². The summed E-state index contributed by atoms with van der Waals surface area (Å²) in [5.41, 5.74) is 6.07. The molecule has 0 aliphatic heterocycles. The van der Waals surface area contributed by atoms with Crippen molar-refractivity contribution in [2.24, 2.45) is 5.73 Å². The van der Waals surface area contributed by atoms with Crippen molar-refractivity contribution in [1.82, 2.24) is 0 Å². The SMILES string of the molecule is CC(N)c1ccc(NC(=O)c2c(F)cc(F)cc2F)cc1. The largest absolute Gasteiger partial charge is 0.324 e. The van der Waals surface area contributed by atoms with Gasteiger partial charge >= 0.3 is 0 Å². The fourth-order valence-electron chi connectivity index (χ4n) is 1.82. The number of nitrogens with one attached hydrogen (secondary N) is 1. The molecule has 0 fully saturated rings. The van der Waals surface area contributed by atoms with Gasteiger partial charge in [0, 0.05) is 23.9 Å². The first-order valence-corrected chi connectivity index (χ1v) is 6.20. The molecule has 0 aliphatic rings. The van der Waals surface area contributed by atoms with Crippen LogP contribution in [0.25, 0.3) is 0 Å². The Morgan fingerprint density at radius 2 is 1.62 bits per heavy atom. The molecule has 0 radical (unpaired) electrons. The van der Waals surface area contributed by atoms with E-state index in [-0.39, 0.29) is 6.04 Å². The van der Waals surface area contributed by atoms with E-state index >= 15 is 0 Å². The summed E-state index contributed by atoms with van der Waals surface area (Å²) in [6.45, 7) is 1.80. The lowest BCUT2D eigenvalue weighted by Gasteiger charge is -2.09. The predicted octanol–water partition coefficient (Wildman–Crippen LogP) is 3.38. The third kappa shape index (κ3) is 3.41. The first kappa shape index (κ1) is 15.1. The van der Waals surface area contributed by atoms with Crippen LogP contribution in [0.2, 0.25) is 0 Å². The number of hydrogen-bond donors (Lipinski definition) is 2. The van der Waals surface area contributed by atoms with E-state index in [1.807, 2.05) is 0 Å². The van der Waals surface area contributed by atoms with Gasteiger partial charge < -0.3 is 11.1 Å². The number of rotatable bonds is 3. The van der Waals surface area contributed by atoms with Crippen LogP contribution >= 0.6 is 0 Å². The van der Waals surface area contributed by atoms with E-state index in [2.05, 4.69) is 5.32 Å². The molecule has 0 bridgehead atoms. The van der Waals surface area contributed by atoms with Crippen LogP contribution in [0.4, 0.5) is 18.9 Å². The number of benzene rings is 2. The van der Waals surface area contributed by atoms with Crippen molar-refractivity contribution in [3.05, 3.63) is 65.0 Å². The van der Waals surface area contributed by atoms with Gasteiger partial charge in [0.05, 0.1) is 0 Å². The molecule has 2 aromatic rings. The minimum absolute atomic E-state index is 0.165. The molecule has 2 rings (SSSR count). The molecule has 110 valence electrons. The molecule has 3 N–H and O–H groups in total. The fourth-order valence-corrected chi connectivity index (χ4v) is 1.82. The second-order valence-corrected chi connectivity index (χ2v) is 4.61. The Labute approximate surface area is 119 Å². The maximum absolute atomic E-state index is 13.5. The third-order valence-electron chi connectivity index (χ3n) is 2.93. The molecular formula is C15H13F3N2O. The van der Waals surface area contributed by atoms with Gasteiger partial charge in [-0.15, -0.1) is 0 Å².